The van der Waals surface area contributed by atoms with Gasteiger partial charge in [-0.25, -0.2) is 4.79 Å². The molecule has 0 bridgehead atoms. The molecule has 112 valence electrons. The number of nitro groups is 1. The number of hydrogen-bond donors (Lipinski definition) is 0. The summed E-state index contributed by atoms with van der Waals surface area (Å²) in [5.41, 5.74) is 2.64. The normalized spacial score (nSPS) is 11.0. The standard InChI is InChI=1S/C14H12N4O4/c1-8-3-4-11-10(5-12(19)22-13(11)9(8)2)6-17-7-15-14(16-17)18(20)21/h3-5,7H,6H2,1-2H3. The van der Waals surface area contributed by atoms with E-state index in [1.165, 1.54) is 17.1 Å². The summed E-state index contributed by atoms with van der Waals surface area (Å²) in [5, 5.41) is 15.2. The summed E-state index contributed by atoms with van der Waals surface area (Å²) in [6.07, 6.45) is 1.26. The molecule has 0 spiro atoms. The topological polar surface area (TPSA) is 104 Å². The summed E-state index contributed by atoms with van der Waals surface area (Å²) >= 11 is 0. The summed E-state index contributed by atoms with van der Waals surface area (Å²) in [5.74, 6) is -0.473. The third kappa shape index (κ3) is 2.34. The van der Waals surface area contributed by atoms with Gasteiger partial charge in [-0.05, 0) is 35.5 Å². The molecular formula is C14H12N4O4. The van der Waals surface area contributed by atoms with E-state index in [1.807, 2.05) is 26.0 Å². The van der Waals surface area contributed by atoms with Gasteiger partial charge < -0.3 is 14.5 Å². The van der Waals surface area contributed by atoms with Gasteiger partial charge in [-0.2, -0.15) is 4.68 Å². The average Bonchev–Trinajstić information content (AvgIpc) is 2.92. The molecule has 22 heavy (non-hydrogen) atoms. The number of aryl methyl sites for hydroxylation is 2. The van der Waals surface area contributed by atoms with Crippen molar-refractivity contribution in [3.8, 4) is 0 Å². The van der Waals surface area contributed by atoms with Crippen LogP contribution in [0.5, 0.6) is 0 Å². The molecule has 0 fully saturated rings. The summed E-state index contributed by atoms with van der Waals surface area (Å²) in [7, 11) is 0. The highest BCUT2D eigenvalue weighted by Gasteiger charge is 2.15. The van der Waals surface area contributed by atoms with E-state index in [9.17, 15) is 14.9 Å². The van der Waals surface area contributed by atoms with Crippen LogP contribution in [0.3, 0.4) is 0 Å². The van der Waals surface area contributed by atoms with E-state index in [0.29, 0.717) is 11.1 Å². The first-order chi connectivity index (χ1) is 10.5. The maximum Gasteiger partial charge on any atom is 0.490 e. The van der Waals surface area contributed by atoms with Gasteiger partial charge in [0.2, 0.25) is 6.33 Å². The molecule has 3 rings (SSSR count). The molecule has 0 unspecified atom stereocenters. The van der Waals surface area contributed by atoms with Crippen molar-refractivity contribution in [3.63, 3.8) is 0 Å². The van der Waals surface area contributed by atoms with Crippen molar-refractivity contribution in [2.75, 3.05) is 0 Å². The fourth-order valence-electron chi connectivity index (χ4n) is 2.27. The number of fused-ring (bicyclic) bond motifs is 1. The third-order valence-electron chi connectivity index (χ3n) is 3.54. The Labute approximate surface area is 124 Å². The molecule has 8 nitrogen and oxygen atoms in total. The van der Waals surface area contributed by atoms with Crippen LogP contribution in [0.4, 0.5) is 5.95 Å². The lowest BCUT2D eigenvalue weighted by Crippen LogP contribution is -2.07. The average molecular weight is 300 g/mol. The summed E-state index contributed by atoms with van der Waals surface area (Å²) in [6, 6.07) is 5.16. The van der Waals surface area contributed by atoms with Crippen molar-refractivity contribution < 1.29 is 9.34 Å². The van der Waals surface area contributed by atoms with Crippen molar-refractivity contribution in [3.05, 3.63) is 61.8 Å². The van der Waals surface area contributed by atoms with Crippen LogP contribution in [0.2, 0.25) is 0 Å². The number of nitrogens with zero attached hydrogens (tertiary/aromatic N) is 4. The second-order valence-electron chi connectivity index (χ2n) is 4.97. The molecule has 0 N–H and O–H groups in total. The van der Waals surface area contributed by atoms with Gasteiger partial charge in [0.1, 0.15) is 5.58 Å². The zero-order valence-electron chi connectivity index (χ0n) is 11.9. The first-order valence-electron chi connectivity index (χ1n) is 6.52. The zero-order chi connectivity index (χ0) is 15.9. The van der Waals surface area contributed by atoms with Crippen molar-refractivity contribution in [1.82, 2.24) is 14.8 Å². The maximum atomic E-state index is 11.8. The summed E-state index contributed by atoms with van der Waals surface area (Å²) in [4.78, 5) is 25.3. The lowest BCUT2D eigenvalue weighted by Gasteiger charge is -2.07. The predicted octanol–water partition coefficient (Wildman–Crippen LogP) is 1.96. The van der Waals surface area contributed by atoms with E-state index >= 15 is 0 Å². The van der Waals surface area contributed by atoms with E-state index in [2.05, 4.69) is 10.1 Å². The molecule has 0 radical (unpaired) electrons. The van der Waals surface area contributed by atoms with Gasteiger partial charge >= 0.3 is 11.6 Å². The number of benzene rings is 1. The zero-order valence-corrected chi connectivity index (χ0v) is 11.9. The first kappa shape index (κ1) is 13.9. The predicted molar refractivity (Wildman–Crippen MR) is 77.7 cm³/mol. The Morgan fingerprint density at radius 1 is 1.36 bits per heavy atom. The monoisotopic (exact) mass is 300 g/mol. The largest absolute Gasteiger partial charge is 0.490 e. The molecule has 8 heteroatoms. The Kier molecular flexibility index (Phi) is 3.21. The minimum Gasteiger partial charge on any atom is -0.422 e. The van der Waals surface area contributed by atoms with Crippen LogP contribution < -0.4 is 5.63 Å². The van der Waals surface area contributed by atoms with Crippen molar-refractivity contribution in [2.24, 2.45) is 0 Å². The van der Waals surface area contributed by atoms with Gasteiger partial charge in [-0.3, -0.25) is 0 Å². The Morgan fingerprint density at radius 2 is 2.14 bits per heavy atom. The summed E-state index contributed by atoms with van der Waals surface area (Å²) in [6.45, 7) is 4.01. The molecule has 1 aromatic carbocycles. The molecule has 0 aliphatic rings. The van der Waals surface area contributed by atoms with Crippen molar-refractivity contribution >= 4 is 16.9 Å². The van der Waals surface area contributed by atoms with Gasteiger partial charge in [-0.15, -0.1) is 0 Å². The molecule has 0 atom stereocenters. The third-order valence-corrected chi connectivity index (χ3v) is 3.54. The van der Waals surface area contributed by atoms with Crippen molar-refractivity contribution in [1.29, 1.82) is 0 Å². The fourth-order valence-corrected chi connectivity index (χ4v) is 2.27. The van der Waals surface area contributed by atoms with Gasteiger partial charge in [0.05, 0.1) is 6.54 Å². The molecule has 0 saturated heterocycles. The van der Waals surface area contributed by atoms with E-state index in [-0.39, 0.29) is 6.54 Å². The van der Waals surface area contributed by atoms with Crippen LogP contribution in [-0.2, 0) is 6.54 Å². The lowest BCUT2D eigenvalue weighted by atomic mass is 10.0. The fraction of sp³-hybridized carbons (Fsp3) is 0.214. The molecule has 0 aliphatic carbocycles. The molecule has 2 aromatic heterocycles. The van der Waals surface area contributed by atoms with Gasteiger partial charge in [-0.1, -0.05) is 17.1 Å². The molecule has 0 saturated carbocycles. The Bertz CT molecular complexity index is 942. The van der Waals surface area contributed by atoms with Crippen LogP contribution in [-0.4, -0.2) is 19.7 Å². The Morgan fingerprint density at radius 3 is 2.82 bits per heavy atom. The lowest BCUT2D eigenvalue weighted by molar-refractivity contribution is -0.394. The Hall–Kier alpha value is -3.03. The minimum absolute atomic E-state index is 0.200. The molecule has 0 amide bonds. The van der Waals surface area contributed by atoms with Crippen LogP contribution >= 0.6 is 0 Å². The van der Waals surface area contributed by atoms with Crippen LogP contribution in [0, 0.1) is 24.0 Å². The minimum atomic E-state index is -0.665. The molecule has 3 aromatic rings. The van der Waals surface area contributed by atoms with E-state index in [1.54, 1.807) is 0 Å². The van der Waals surface area contributed by atoms with E-state index in [0.717, 1.165) is 16.5 Å². The molecule has 0 aliphatic heterocycles. The molecular weight excluding hydrogens is 288 g/mol. The van der Waals surface area contributed by atoms with Gasteiger partial charge in [0.25, 0.3) is 0 Å². The highest BCUT2D eigenvalue weighted by atomic mass is 16.6. The van der Waals surface area contributed by atoms with Crippen molar-refractivity contribution in [2.45, 2.75) is 20.4 Å². The summed E-state index contributed by atoms with van der Waals surface area (Å²) < 4.78 is 6.61. The molecule has 2 heterocycles. The Balaban J connectivity index is 2.12. The highest BCUT2D eigenvalue weighted by Crippen LogP contribution is 2.23. The highest BCUT2D eigenvalue weighted by molar-refractivity contribution is 5.83. The van der Waals surface area contributed by atoms with Crippen LogP contribution in [0.15, 0.2) is 33.7 Å². The number of hydrogen-bond acceptors (Lipinski definition) is 6. The number of aromatic nitrogens is 3. The SMILES string of the molecule is Cc1ccc2c(Cn3cnc([N+](=O)[O-])n3)cc(=O)oc2c1C. The van der Waals surface area contributed by atoms with Crippen LogP contribution in [0.1, 0.15) is 16.7 Å². The van der Waals surface area contributed by atoms with E-state index in [4.69, 9.17) is 4.42 Å². The van der Waals surface area contributed by atoms with Gasteiger partial charge in [0.15, 0.2) is 0 Å². The second kappa shape index (κ2) is 5.06. The second-order valence-corrected chi connectivity index (χ2v) is 4.97. The smallest absolute Gasteiger partial charge is 0.422 e. The quantitative estimate of drug-likeness (QED) is 0.416. The van der Waals surface area contributed by atoms with Gasteiger partial charge in [0, 0.05) is 16.6 Å². The first-order valence-corrected chi connectivity index (χ1v) is 6.52. The number of rotatable bonds is 3. The van der Waals surface area contributed by atoms with E-state index < -0.39 is 16.5 Å². The maximum absolute atomic E-state index is 11.8. The van der Waals surface area contributed by atoms with Crippen LogP contribution in [0.25, 0.3) is 11.0 Å².